The van der Waals surface area contributed by atoms with Gasteiger partial charge in [0.25, 0.3) is 0 Å². The summed E-state index contributed by atoms with van der Waals surface area (Å²) >= 11 is 4.52. The molecule has 12 heteroatoms. The molecule has 0 saturated carbocycles. The first-order valence-electron chi connectivity index (χ1n) is 9.06. The van der Waals surface area contributed by atoms with Crippen molar-refractivity contribution in [2.75, 3.05) is 0 Å². The highest BCUT2D eigenvalue weighted by Crippen LogP contribution is 2.26. The molecule has 9 nitrogen and oxygen atoms in total. The van der Waals surface area contributed by atoms with Crippen LogP contribution in [0.25, 0.3) is 5.82 Å². The molecule has 0 aliphatic rings. The van der Waals surface area contributed by atoms with Crippen molar-refractivity contribution in [1.82, 2.24) is 23.7 Å². The number of hydrogen-bond donors (Lipinski definition) is 1. The molecule has 0 bridgehead atoms. The maximum absolute atomic E-state index is 14.9. The molecule has 0 unspecified atom stereocenters. The van der Waals surface area contributed by atoms with Crippen molar-refractivity contribution in [2.45, 2.75) is 46.4 Å². The number of rotatable bonds is 8. The van der Waals surface area contributed by atoms with Crippen molar-refractivity contribution in [3.8, 4) is 11.7 Å². The summed E-state index contributed by atoms with van der Waals surface area (Å²) in [6, 6.07) is 0.992. The number of hydrogen-bond acceptors (Lipinski definition) is 8. The lowest BCUT2D eigenvalue weighted by Crippen LogP contribution is -2.26. The summed E-state index contributed by atoms with van der Waals surface area (Å²) in [4.78, 5) is 29.5. The lowest BCUT2D eigenvalue weighted by Gasteiger charge is -2.14. The highest BCUT2D eigenvalue weighted by Gasteiger charge is 2.24. The predicted octanol–water partition coefficient (Wildman–Crippen LogP) is 2.51. The average molecular weight is 500 g/mol. The van der Waals surface area contributed by atoms with Crippen LogP contribution in [0, 0.1) is 5.82 Å². The lowest BCUT2D eigenvalue weighted by molar-refractivity contribution is 0.0985. The van der Waals surface area contributed by atoms with Gasteiger partial charge in [-0.05, 0) is 54.3 Å². The molecule has 0 spiro atoms. The summed E-state index contributed by atoms with van der Waals surface area (Å²) in [5.41, 5.74) is -0.0420. The molecule has 0 saturated heterocycles. The first-order valence-corrected chi connectivity index (χ1v) is 10.6. The quantitative estimate of drug-likeness (QED) is 0.473. The van der Waals surface area contributed by atoms with E-state index in [1.54, 1.807) is 27.0 Å². The highest BCUT2D eigenvalue weighted by atomic mass is 79.9. The monoisotopic (exact) mass is 499 g/mol. The smallest absolute Gasteiger partial charge is 0.352 e. The molecular formula is C18H19BrFN5O4S. The van der Waals surface area contributed by atoms with Gasteiger partial charge in [-0.15, -0.1) is 5.10 Å². The van der Waals surface area contributed by atoms with Gasteiger partial charge in [0.15, 0.2) is 23.2 Å². The van der Waals surface area contributed by atoms with Crippen LogP contribution in [-0.4, -0.2) is 40.7 Å². The molecule has 0 fully saturated rings. The van der Waals surface area contributed by atoms with Crippen LogP contribution in [-0.2, 0) is 19.6 Å². The minimum absolute atomic E-state index is 0.0227. The SMILES string of the molecule is CCn1c(CO)nn(-c2nc(OC(C)C)c(C(=O)Cc3cnsc3Br)cc2F)c1=O. The van der Waals surface area contributed by atoms with Crippen molar-refractivity contribution in [2.24, 2.45) is 0 Å². The van der Waals surface area contributed by atoms with Gasteiger partial charge in [0.1, 0.15) is 6.61 Å². The molecule has 160 valence electrons. The molecule has 0 aliphatic heterocycles. The van der Waals surface area contributed by atoms with E-state index in [4.69, 9.17) is 4.74 Å². The minimum atomic E-state index is -0.913. The summed E-state index contributed by atoms with van der Waals surface area (Å²) in [7, 11) is 0. The number of pyridine rings is 1. The van der Waals surface area contributed by atoms with Gasteiger partial charge in [-0.25, -0.2) is 9.18 Å². The molecule has 0 radical (unpaired) electrons. The van der Waals surface area contributed by atoms with Gasteiger partial charge in [-0.2, -0.15) is 14.0 Å². The van der Waals surface area contributed by atoms with Crippen LogP contribution >= 0.6 is 27.5 Å². The fourth-order valence-corrected chi connectivity index (χ4v) is 3.77. The van der Waals surface area contributed by atoms with Crippen LogP contribution in [0.4, 0.5) is 4.39 Å². The van der Waals surface area contributed by atoms with Crippen LogP contribution < -0.4 is 10.4 Å². The van der Waals surface area contributed by atoms with Gasteiger partial charge in [-0.3, -0.25) is 9.36 Å². The second-order valence-corrected chi connectivity index (χ2v) is 8.67. The molecule has 0 atom stereocenters. The average Bonchev–Trinajstić information content (AvgIpc) is 3.24. The van der Waals surface area contributed by atoms with Gasteiger partial charge < -0.3 is 9.84 Å². The summed E-state index contributed by atoms with van der Waals surface area (Å²) in [6.45, 7) is 4.92. The van der Waals surface area contributed by atoms with Gasteiger partial charge >= 0.3 is 5.69 Å². The molecule has 0 amide bonds. The zero-order valence-electron chi connectivity index (χ0n) is 16.4. The Bertz CT molecular complexity index is 1140. The Morgan fingerprint density at radius 1 is 1.43 bits per heavy atom. The van der Waals surface area contributed by atoms with Crippen molar-refractivity contribution in [3.63, 3.8) is 0 Å². The van der Waals surface area contributed by atoms with Crippen molar-refractivity contribution in [1.29, 1.82) is 0 Å². The van der Waals surface area contributed by atoms with Crippen LogP contribution in [0.3, 0.4) is 0 Å². The first-order chi connectivity index (χ1) is 14.3. The van der Waals surface area contributed by atoms with Gasteiger partial charge in [0, 0.05) is 24.7 Å². The molecule has 1 N–H and O–H groups in total. The molecule has 30 heavy (non-hydrogen) atoms. The van der Waals surface area contributed by atoms with Crippen molar-refractivity contribution >= 4 is 33.2 Å². The van der Waals surface area contributed by atoms with Gasteiger partial charge in [0.2, 0.25) is 5.88 Å². The van der Waals surface area contributed by atoms with Crippen LogP contribution in [0.15, 0.2) is 20.8 Å². The predicted molar refractivity (Wildman–Crippen MR) is 111 cm³/mol. The molecule has 3 heterocycles. The highest BCUT2D eigenvalue weighted by molar-refractivity contribution is 9.11. The minimum Gasteiger partial charge on any atom is -0.474 e. The Balaban J connectivity index is 2.10. The van der Waals surface area contributed by atoms with E-state index < -0.39 is 29.7 Å². The van der Waals surface area contributed by atoms with E-state index in [0.29, 0.717) is 9.35 Å². The zero-order valence-corrected chi connectivity index (χ0v) is 18.8. The largest absolute Gasteiger partial charge is 0.474 e. The third-order valence-corrected chi connectivity index (χ3v) is 5.69. The summed E-state index contributed by atoms with van der Waals surface area (Å²) in [5.74, 6) is -1.76. The van der Waals surface area contributed by atoms with Gasteiger partial charge in [0.05, 0.1) is 15.5 Å². The number of nitrogens with zero attached hydrogens (tertiary/aromatic N) is 5. The second kappa shape index (κ2) is 9.14. The van der Waals surface area contributed by atoms with E-state index >= 15 is 0 Å². The Morgan fingerprint density at radius 2 is 2.17 bits per heavy atom. The summed E-state index contributed by atoms with van der Waals surface area (Å²) in [6.07, 6.45) is 1.18. The third-order valence-electron chi connectivity index (χ3n) is 4.11. The molecular weight excluding hydrogens is 481 g/mol. The fraction of sp³-hybridized carbons (Fsp3) is 0.389. The van der Waals surface area contributed by atoms with E-state index in [0.717, 1.165) is 10.7 Å². The third kappa shape index (κ3) is 4.35. The second-order valence-electron chi connectivity index (χ2n) is 6.55. The Kier molecular flexibility index (Phi) is 6.78. The van der Waals surface area contributed by atoms with E-state index in [9.17, 15) is 19.1 Å². The fourth-order valence-electron chi connectivity index (χ4n) is 2.76. The number of aliphatic hydroxyl groups is 1. The lowest BCUT2D eigenvalue weighted by atomic mass is 10.1. The normalized spacial score (nSPS) is 11.3. The van der Waals surface area contributed by atoms with Crippen molar-refractivity contribution in [3.05, 3.63) is 49.3 Å². The number of carbonyl (C=O) groups is 1. The zero-order chi connectivity index (χ0) is 22.0. The molecule has 3 rings (SSSR count). The van der Waals surface area contributed by atoms with E-state index in [-0.39, 0.29) is 36.3 Å². The van der Waals surface area contributed by atoms with E-state index in [2.05, 4.69) is 30.4 Å². The number of carbonyl (C=O) groups excluding carboxylic acids is 1. The Labute approximate surface area is 183 Å². The number of aromatic nitrogens is 5. The summed E-state index contributed by atoms with van der Waals surface area (Å²) < 4.78 is 27.2. The van der Waals surface area contributed by atoms with Crippen LogP contribution in [0.2, 0.25) is 0 Å². The molecule has 3 aromatic heterocycles. The number of halogens is 2. The van der Waals surface area contributed by atoms with Gasteiger partial charge in [-0.1, -0.05) is 0 Å². The number of ketones is 1. The maximum Gasteiger partial charge on any atom is 0.352 e. The first kappa shape index (κ1) is 22.2. The molecule has 3 aromatic rings. The Morgan fingerprint density at radius 3 is 2.70 bits per heavy atom. The van der Waals surface area contributed by atoms with E-state index in [1.807, 2.05) is 0 Å². The van der Waals surface area contributed by atoms with E-state index in [1.165, 1.54) is 16.1 Å². The standard InChI is InChI=1S/C18H19BrFN5O4S/c1-4-24-14(8-26)23-25(18(24)28)16-12(20)6-11(17(22-16)29-9(2)3)13(27)5-10-7-21-30-15(10)19/h6-7,9,26H,4-5,8H2,1-3H3. The topological polar surface area (TPSA) is 112 Å². The molecule has 0 aliphatic carbocycles. The van der Waals surface area contributed by atoms with Crippen molar-refractivity contribution < 1.29 is 19.0 Å². The molecule has 0 aromatic carbocycles. The Hall–Kier alpha value is -2.44. The number of Topliss-reactive ketones (excluding diaryl/α,β-unsaturated/α-hetero) is 1. The van der Waals surface area contributed by atoms with Crippen LogP contribution in [0.1, 0.15) is 42.5 Å². The number of ether oxygens (including phenoxy) is 1. The summed E-state index contributed by atoms with van der Waals surface area (Å²) in [5, 5.41) is 13.4. The van der Waals surface area contributed by atoms with Crippen LogP contribution in [0.5, 0.6) is 5.88 Å². The number of aliphatic hydroxyl groups excluding tert-OH is 1. The maximum atomic E-state index is 14.9.